The van der Waals surface area contributed by atoms with Crippen molar-refractivity contribution in [3.8, 4) is 5.75 Å². The maximum Gasteiger partial charge on any atom is 0.0140 e. The first-order valence-corrected chi connectivity index (χ1v) is 21.2. The van der Waals surface area contributed by atoms with Gasteiger partial charge in [-0.15, -0.1) is 5.41 Å². The Labute approximate surface area is 283 Å². The second-order valence-corrected chi connectivity index (χ2v) is 19.0. The smallest absolute Gasteiger partial charge is 0.0140 e. The van der Waals surface area contributed by atoms with Gasteiger partial charge in [-0.2, -0.15) is 0 Å². The second-order valence-electron chi connectivity index (χ2n) is 13.3. The molecule has 1 heterocycles. The van der Waals surface area contributed by atoms with Crippen molar-refractivity contribution < 1.29 is 23.2 Å². The Morgan fingerprint density at radius 3 is 2.09 bits per heavy atom. The zero-order valence-corrected chi connectivity index (χ0v) is 31.4. The van der Waals surface area contributed by atoms with Crippen LogP contribution in [0.2, 0.25) is 0 Å². The SMILES string of the molecule is CC(C)Oc1ccc([N+](=O)[O-])cc1[CH]=[Ru]([Cl])[Cl].CCc1cccc(CC)c1N1[CH-]C(C)(Cc2ccc(C(C)C)cc2)CC1(C)C. The molecule has 1 saturated heterocycles. The van der Waals surface area contributed by atoms with Gasteiger partial charge in [0.25, 0.3) is 0 Å². The summed E-state index contributed by atoms with van der Waals surface area (Å²) >= 11 is -2.05. The van der Waals surface area contributed by atoms with Crippen molar-refractivity contribution in [2.24, 2.45) is 5.41 Å². The average molecular weight is 742 g/mol. The van der Waals surface area contributed by atoms with E-state index in [1.807, 2.05) is 13.8 Å². The molecule has 0 aliphatic carbocycles. The number of nitro groups is 1. The molecular weight excluding hydrogens is 692 g/mol. The summed E-state index contributed by atoms with van der Waals surface area (Å²) in [7, 11) is 11.6. The number of nitro benzene ring substituents is 1. The number of rotatable bonds is 10. The van der Waals surface area contributed by atoms with Gasteiger partial charge in [0, 0.05) is 11.2 Å². The van der Waals surface area contributed by atoms with Gasteiger partial charge in [-0.1, -0.05) is 83.5 Å². The van der Waals surface area contributed by atoms with Crippen molar-refractivity contribution >= 4 is 35.4 Å². The molecule has 5 nitrogen and oxygen atoms in total. The van der Waals surface area contributed by atoms with Crippen molar-refractivity contribution in [2.75, 3.05) is 4.90 Å². The summed E-state index contributed by atoms with van der Waals surface area (Å²) in [6, 6.07) is 20.5. The molecule has 0 N–H and O–H groups in total. The Hall–Kier alpha value is -2.27. The minimum absolute atomic E-state index is 0.00360. The molecule has 0 bridgehead atoms. The molecule has 3 aromatic carbocycles. The number of anilines is 1. The molecule has 1 aliphatic rings. The van der Waals surface area contributed by atoms with E-state index in [2.05, 4.69) is 102 Å². The fraction of sp³-hybridized carbons (Fsp3) is 0.459. The molecule has 8 heteroatoms. The first-order chi connectivity index (χ1) is 21.1. The number of hydrogen-bond acceptors (Lipinski definition) is 4. The van der Waals surface area contributed by atoms with Gasteiger partial charge < -0.3 is 4.90 Å². The summed E-state index contributed by atoms with van der Waals surface area (Å²) in [6.45, 7) is 22.6. The van der Waals surface area contributed by atoms with Crippen molar-refractivity contribution in [1.29, 1.82) is 0 Å². The van der Waals surface area contributed by atoms with Gasteiger partial charge in [-0.05, 0) is 61.3 Å². The standard InChI is InChI=1S/C27H38N.C10H11NO3.2ClH.Ru/c1-8-22-11-10-12-23(9-2)25(22)28-19-27(7,18-26(28,5)6)17-21-13-15-24(16-14-21)20(3)4;1-7(2)14-10-5-4-9(11(12)13)6-8(10)3;;;/h10-16,19-20H,8-9,17-18H2,1-7H3;3-7H,1-2H3;2*1H;/q-1;;;;+2/p-2. The Kier molecular flexibility index (Phi) is 13.2. The van der Waals surface area contributed by atoms with E-state index in [0.717, 1.165) is 19.3 Å². The quantitative estimate of drug-likeness (QED) is 0.0899. The van der Waals surface area contributed by atoms with Gasteiger partial charge in [0.1, 0.15) is 0 Å². The summed E-state index contributed by atoms with van der Waals surface area (Å²) in [4.78, 5) is 12.8. The third-order valence-electron chi connectivity index (χ3n) is 8.14. The van der Waals surface area contributed by atoms with Crippen LogP contribution >= 0.6 is 19.4 Å². The van der Waals surface area contributed by atoms with Crippen LogP contribution in [0.15, 0.2) is 60.7 Å². The van der Waals surface area contributed by atoms with E-state index in [4.69, 9.17) is 24.1 Å². The first kappa shape index (κ1) is 37.2. The molecule has 0 amide bonds. The van der Waals surface area contributed by atoms with E-state index in [0.29, 0.717) is 17.2 Å². The summed E-state index contributed by atoms with van der Waals surface area (Å²) in [6.07, 6.45) is 4.41. The molecule has 248 valence electrons. The predicted octanol–water partition coefficient (Wildman–Crippen LogP) is 10.8. The zero-order valence-electron chi connectivity index (χ0n) is 28.1. The maximum absolute atomic E-state index is 10.7. The average Bonchev–Trinajstić information content (AvgIpc) is 3.20. The summed E-state index contributed by atoms with van der Waals surface area (Å²) in [5.41, 5.74) is 8.14. The normalized spacial score (nSPS) is 17.6. The maximum atomic E-state index is 10.7. The fourth-order valence-corrected chi connectivity index (χ4v) is 8.05. The van der Waals surface area contributed by atoms with Crippen LogP contribution in [-0.2, 0) is 32.8 Å². The Morgan fingerprint density at radius 2 is 1.60 bits per heavy atom. The van der Waals surface area contributed by atoms with Crippen molar-refractivity contribution in [1.82, 2.24) is 0 Å². The van der Waals surface area contributed by atoms with Crippen LogP contribution in [0.5, 0.6) is 5.75 Å². The van der Waals surface area contributed by atoms with Crippen LogP contribution in [0.1, 0.15) is 102 Å². The minimum atomic E-state index is -2.05. The van der Waals surface area contributed by atoms with Gasteiger partial charge in [0.2, 0.25) is 0 Å². The number of aryl methyl sites for hydroxylation is 2. The number of hydrogen-bond donors (Lipinski definition) is 0. The molecule has 1 unspecified atom stereocenters. The minimum Gasteiger partial charge on any atom is -0.517 e. The van der Waals surface area contributed by atoms with Gasteiger partial charge in [-0.3, -0.25) is 0 Å². The van der Waals surface area contributed by atoms with Crippen LogP contribution in [-0.4, -0.2) is 21.2 Å². The topological polar surface area (TPSA) is 55.6 Å². The number of para-hydroxylation sites is 1. The Bertz CT molecular complexity index is 1460. The number of non-ortho nitro benzene ring substituents is 1. The Morgan fingerprint density at radius 1 is 1.00 bits per heavy atom. The molecule has 1 atom stereocenters. The molecule has 45 heavy (non-hydrogen) atoms. The van der Waals surface area contributed by atoms with Crippen molar-refractivity contribution in [2.45, 2.75) is 106 Å². The number of nitrogens with zero attached hydrogens (tertiary/aromatic N) is 2. The molecular formula is C37H49Cl2N2O3Ru-. The van der Waals surface area contributed by atoms with Crippen LogP contribution in [0.4, 0.5) is 11.4 Å². The van der Waals surface area contributed by atoms with E-state index >= 15 is 0 Å². The van der Waals surface area contributed by atoms with Gasteiger partial charge >= 0.3 is 112 Å². The molecule has 1 aliphatic heterocycles. The van der Waals surface area contributed by atoms with E-state index in [9.17, 15) is 10.1 Å². The first-order valence-electron chi connectivity index (χ1n) is 15.7. The van der Waals surface area contributed by atoms with Crippen molar-refractivity contribution in [3.05, 3.63) is 105 Å². The molecule has 4 rings (SSSR count). The summed E-state index contributed by atoms with van der Waals surface area (Å²) in [5.74, 6) is 1.15. The van der Waals surface area contributed by atoms with Gasteiger partial charge in [0.05, 0.1) is 0 Å². The second kappa shape index (κ2) is 16.0. The number of benzene rings is 3. The van der Waals surface area contributed by atoms with Crippen molar-refractivity contribution in [3.63, 3.8) is 0 Å². The molecule has 0 saturated carbocycles. The van der Waals surface area contributed by atoms with E-state index < -0.39 is 18.4 Å². The van der Waals surface area contributed by atoms with E-state index in [1.54, 1.807) is 10.7 Å². The molecule has 0 spiro atoms. The van der Waals surface area contributed by atoms with Crippen LogP contribution in [0.3, 0.4) is 0 Å². The van der Waals surface area contributed by atoms with E-state index in [-0.39, 0.29) is 22.7 Å². The molecule has 1 fully saturated rings. The summed E-state index contributed by atoms with van der Waals surface area (Å²) < 4.78 is 7.17. The zero-order chi connectivity index (χ0) is 33.5. The predicted molar refractivity (Wildman–Crippen MR) is 189 cm³/mol. The van der Waals surface area contributed by atoms with E-state index in [1.165, 1.54) is 46.5 Å². The fourth-order valence-electron chi connectivity index (χ4n) is 6.27. The summed E-state index contributed by atoms with van der Waals surface area (Å²) in [5, 5.41) is 10.7. The molecule has 0 aromatic heterocycles. The van der Waals surface area contributed by atoms with Crippen LogP contribution in [0, 0.1) is 22.1 Å². The van der Waals surface area contributed by atoms with Gasteiger partial charge in [-0.25, -0.2) is 6.54 Å². The van der Waals surface area contributed by atoms with Crippen LogP contribution in [0.25, 0.3) is 0 Å². The number of ether oxygens (including phenoxy) is 1. The number of halogens is 2. The third-order valence-corrected chi connectivity index (χ3v) is 9.98. The Balaban J connectivity index is 0.000000279. The largest absolute Gasteiger partial charge is 0.517 e. The monoisotopic (exact) mass is 741 g/mol. The molecule has 0 radical (unpaired) electrons. The van der Waals surface area contributed by atoms with Crippen LogP contribution < -0.4 is 9.64 Å². The van der Waals surface area contributed by atoms with Gasteiger partial charge in [0.15, 0.2) is 0 Å². The molecule has 3 aromatic rings. The third kappa shape index (κ3) is 10.1.